The summed E-state index contributed by atoms with van der Waals surface area (Å²) in [7, 11) is 0. The van der Waals surface area contributed by atoms with Crippen LogP contribution in [-0.2, 0) is 0 Å². The highest BCUT2D eigenvalue weighted by molar-refractivity contribution is 14.1. The van der Waals surface area contributed by atoms with Crippen LogP contribution in [0.5, 0.6) is 0 Å². The van der Waals surface area contributed by atoms with Gasteiger partial charge < -0.3 is 5.73 Å². The summed E-state index contributed by atoms with van der Waals surface area (Å²) in [4.78, 5) is 0. The Labute approximate surface area is 100 Å². The molecular formula is C10H7IN4. The molecule has 0 aliphatic carbocycles. The molecule has 0 bridgehead atoms. The zero-order valence-corrected chi connectivity index (χ0v) is 9.84. The minimum Gasteiger partial charge on any atom is -0.396 e. The largest absolute Gasteiger partial charge is 0.396 e. The van der Waals surface area contributed by atoms with Gasteiger partial charge in [0.2, 0.25) is 0 Å². The van der Waals surface area contributed by atoms with Crippen molar-refractivity contribution in [2.24, 2.45) is 0 Å². The lowest BCUT2D eigenvalue weighted by Gasteiger charge is -2.05. The molecule has 2 rings (SSSR count). The first-order chi connectivity index (χ1) is 7.22. The second kappa shape index (κ2) is 3.90. The quantitative estimate of drug-likeness (QED) is 0.646. The maximum Gasteiger partial charge on any atom is 0.101 e. The van der Waals surface area contributed by atoms with E-state index in [-0.39, 0.29) is 0 Å². The van der Waals surface area contributed by atoms with Crippen LogP contribution < -0.4 is 5.73 Å². The fourth-order valence-corrected chi connectivity index (χ4v) is 1.67. The van der Waals surface area contributed by atoms with Crippen LogP contribution in [0.25, 0.3) is 5.69 Å². The van der Waals surface area contributed by atoms with Crippen molar-refractivity contribution in [1.29, 1.82) is 5.26 Å². The van der Waals surface area contributed by atoms with Crippen molar-refractivity contribution in [2.75, 3.05) is 5.73 Å². The fraction of sp³-hybridized carbons (Fsp3) is 0. The van der Waals surface area contributed by atoms with Crippen molar-refractivity contribution < 1.29 is 0 Å². The summed E-state index contributed by atoms with van der Waals surface area (Å²) in [5.74, 6) is 0. The van der Waals surface area contributed by atoms with Crippen molar-refractivity contribution in [1.82, 2.24) is 9.78 Å². The average Bonchev–Trinajstić information content (AvgIpc) is 2.65. The summed E-state index contributed by atoms with van der Waals surface area (Å²) in [5.41, 5.74) is 7.51. The molecular weight excluding hydrogens is 303 g/mol. The Kier molecular flexibility index (Phi) is 2.60. The van der Waals surface area contributed by atoms with E-state index in [2.05, 4.69) is 27.7 Å². The lowest BCUT2D eigenvalue weighted by atomic mass is 10.1. The van der Waals surface area contributed by atoms with Crippen LogP contribution in [0.1, 0.15) is 5.56 Å². The van der Waals surface area contributed by atoms with E-state index in [1.165, 1.54) is 0 Å². The second-order valence-corrected chi connectivity index (χ2v) is 4.20. The minimum absolute atomic E-state index is 0.458. The second-order valence-electron chi connectivity index (χ2n) is 2.95. The number of anilines is 1. The molecule has 0 saturated heterocycles. The number of benzene rings is 1. The highest BCUT2D eigenvalue weighted by Crippen LogP contribution is 2.20. The van der Waals surface area contributed by atoms with Crippen LogP contribution >= 0.6 is 22.6 Å². The molecule has 0 fully saturated rings. The number of hydrogen-bond donors (Lipinski definition) is 1. The van der Waals surface area contributed by atoms with Crippen LogP contribution in [0.15, 0.2) is 30.6 Å². The van der Waals surface area contributed by atoms with Crippen molar-refractivity contribution in [3.8, 4) is 11.8 Å². The molecule has 0 radical (unpaired) electrons. The Balaban J connectivity index is 2.59. The molecule has 15 heavy (non-hydrogen) atoms. The Bertz CT molecular complexity index is 539. The Morgan fingerprint density at radius 2 is 2.27 bits per heavy atom. The lowest BCUT2D eigenvalue weighted by molar-refractivity contribution is 0.882. The molecule has 0 saturated carbocycles. The molecule has 0 aliphatic rings. The highest BCUT2D eigenvalue weighted by Gasteiger charge is 2.06. The SMILES string of the molecule is N#Cc1cccc(-n2cc(I)cn2)c1N. The van der Waals surface area contributed by atoms with Gasteiger partial charge in [-0.15, -0.1) is 0 Å². The molecule has 0 amide bonds. The number of para-hydroxylation sites is 1. The number of nitrogens with zero attached hydrogens (tertiary/aromatic N) is 3. The summed E-state index contributed by atoms with van der Waals surface area (Å²) < 4.78 is 2.69. The first kappa shape index (κ1) is 9.98. The van der Waals surface area contributed by atoms with Gasteiger partial charge >= 0.3 is 0 Å². The van der Waals surface area contributed by atoms with Crippen molar-refractivity contribution in [2.45, 2.75) is 0 Å². The van der Waals surface area contributed by atoms with Crippen LogP contribution in [-0.4, -0.2) is 9.78 Å². The smallest absolute Gasteiger partial charge is 0.101 e. The van der Waals surface area contributed by atoms with Gasteiger partial charge in [-0.25, -0.2) is 4.68 Å². The van der Waals surface area contributed by atoms with Gasteiger partial charge in [0.25, 0.3) is 0 Å². The maximum absolute atomic E-state index is 8.83. The summed E-state index contributed by atoms with van der Waals surface area (Å²) >= 11 is 2.17. The molecule has 0 atom stereocenters. The molecule has 74 valence electrons. The number of hydrogen-bond acceptors (Lipinski definition) is 3. The third-order valence-electron chi connectivity index (χ3n) is 2.00. The van der Waals surface area contributed by atoms with Gasteiger partial charge in [-0.1, -0.05) is 6.07 Å². The zero-order chi connectivity index (χ0) is 10.8. The maximum atomic E-state index is 8.83. The van der Waals surface area contributed by atoms with E-state index in [4.69, 9.17) is 11.0 Å². The standard InChI is InChI=1S/C10H7IN4/c11-8-5-14-15(6-8)9-3-1-2-7(4-12)10(9)13/h1-3,5-6H,13H2. The molecule has 0 unspecified atom stereocenters. The first-order valence-electron chi connectivity index (χ1n) is 4.21. The fourth-order valence-electron chi connectivity index (χ4n) is 1.28. The summed E-state index contributed by atoms with van der Waals surface area (Å²) in [6.45, 7) is 0. The average molecular weight is 310 g/mol. The normalized spacial score (nSPS) is 9.87. The number of rotatable bonds is 1. The van der Waals surface area contributed by atoms with E-state index in [0.717, 1.165) is 9.26 Å². The van der Waals surface area contributed by atoms with E-state index in [1.54, 1.807) is 23.0 Å². The Morgan fingerprint density at radius 1 is 1.47 bits per heavy atom. The Hall–Kier alpha value is -1.55. The molecule has 2 N–H and O–H groups in total. The number of nitriles is 1. The van der Waals surface area contributed by atoms with E-state index >= 15 is 0 Å². The summed E-state index contributed by atoms with van der Waals surface area (Å²) in [6, 6.07) is 7.36. The predicted molar refractivity (Wildman–Crippen MR) is 65.4 cm³/mol. The highest BCUT2D eigenvalue weighted by atomic mass is 127. The Morgan fingerprint density at radius 3 is 2.87 bits per heavy atom. The molecule has 0 aliphatic heterocycles. The molecule has 0 spiro atoms. The van der Waals surface area contributed by atoms with Gasteiger partial charge in [0.05, 0.1) is 26.7 Å². The van der Waals surface area contributed by atoms with Crippen LogP contribution in [0.2, 0.25) is 0 Å². The van der Waals surface area contributed by atoms with Crippen molar-refractivity contribution in [3.05, 3.63) is 39.7 Å². The van der Waals surface area contributed by atoms with Crippen LogP contribution in [0.4, 0.5) is 5.69 Å². The third kappa shape index (κ3) is 1.80. The van der Waals surface area contributed by atoms with Gasteiger partial charge in [0, 0.05) is 6.20 Å². The van der Waals surface area contributed by atoms with E-state index < -0.39 is 0 Å². The summed E-state index contributed by atoms with van der Waals surface area (Å²) in [5, 5.41) is 13.0. The first-order valence-corrected chi connectivity index (χ1v) is 5.29. The van der Waals surface area contributed by atoms with Gasteiger partial charge in [0.15, 0.2) is 0 Å². The van der Waals surface area contributed by atoms with E-state index in [1.807, 2.05) is 18.3 Å². The monoisotopic (exact) mass is 310 g/mol. The minimum atomic E-state index is 0.458. The molecule has 1 aromatic heterocycles. The number of nitrogen functional groups attached to an aromatic ring is 1. The molecule has 5 heteroatoms. The number of nitrogens with two attached hydrogens (primary N) is 1. The van der Waals surface area contributed by atoms with Crippen LogP contribution in [0, 0.1) is 14.9 Å². The topological polar surface area (TPSA) is 67.6 Å². The lowest BCUT2D eigenvalue weighted by Crippen LogP contribution is -2.01. The van der Waals surface area contributed by atoms with E-state index in [9.17, 15) is 0 Å². The van der Waals surface area contributed by atoms with Gasteiger partial charge in [-0.3, -0.25) is 0 Å². The molecule has 1 heterocycles. The molecule has 1 aromatic carbocycles. The molecule has 4 nitrogen and oxygen atoms in total. The number of halogens is 1. The number of aromatic nitrogens is 2. The summed E-state index contributed by atoms with van der Waals surface area (Å²) in [6.07, 6.45) is 3.59. The van der Waals surface area contributed by atoms with Gasteiger partial charge in [-0.2, -0.15) is 10.4 Å². The van der Waals surface area contributed by atoms with E-state index in [0.29, 0.717) is 11.3 Å². The van der Waals surface area contributed by atoms with Crippen molar-refractivity contribution >= 4 is 28.3 Å². The molecule has 2 aromatic rings. The van der Waals surface area contributed by atoms with Crippen LogP contribution in [0.3, 0.4) is 0 Å². The van der Waals surface area contributed by atoms with Gasteiger partial charge in [-0.05, 0) is 34.7 Å². The van der Waals surface area contributed by atoms with Gasteiger partial charge in [0.1, 0.15) is 6.07 Å². The zero-order valence-electron chi connectivity index (χ0n) is 7.68. The van der Waals surface area contributed by atoms with Crippen molar-refractivity contribution in [3.63, 3.8) is 0 Å². The predicted octanol–water partition coefficient (Wildman–Crippen LogP) is 1.93. The third-order valence-corrected chi connectivity index (χ3v) is 2.56.